The van der Waals surface area contributed by atoms with E-state index in [0.717, 1.165) is 24.5 Å². The summed E-state index contributed by atoms with van der Waals surface area (Å²) < 4.78 is 11.0. The van der Waals surface area contributed by atoms with E-state index in [4.69, 9.17) is 21.1 Å². The Morgan fingerprint density at radius 1 is 1.19 bits per heavy atom. The van der Waals surface area contributed by atoms with Crippen molar-refractivity contribution < 1.29 is 19.1 Å². The van der Waals surface area contributed by atoms with Crippen molar-refractivity contribution >= 4 is 29.2 Å². The van der Waals surface area contributed by atoms with Gasteiger partial charge in [0.15, 0.2) is 5.75 Å². The number of carbonyl (C=O) groups excluding carboxylic acids is 2. The number of benzene rings is 2. The summed E-state index contributed by atoms with van der Waals surface area (Å²) in [5, 5.41) is 0.490. The molecule has 0 unspecified atom stereocenters. The SMILES string of the molecule is CCCCOC(=O)/C=C/C(=O)N1Cc2ccccc2Oc2ccc(Cl)cc21. The van der Waals surface area contributed by atoms with Crippen molar-refractivity contribution in [1.29, 1.82) is 0 Å². The summed E-state index contributed by atoms with van der Waals surface area (Å²) >= 11 is 6.12. The lowest BCUT2D eigenvalue weighted by Crippen LogP contribution is -2.28. The minimum atomic E-state index is -0.533. The number of carbonyl (C=O) groups is 2. The Kier molecular flexibility index (Phi) is 6.14. The molecule has 1 aliphatic rings. The van der Waals surface area contributed by atoms with Crippen LogP contribution in [0.3, 0.4) is 0 Å². The van der Waals surface area contributed by atoms with Gasteiger partial charge in [-0.3, -0.25) is 4.79 Å². The monoisotopic (exact) mass is 385 g/mol. The summed E-state index contributed by atoms with van der Waals surface area (Å²) in [7, 11) is 0. The summed E-state index contributed by atoms with van der Waals surface area (Å²) in [6.45, 7) is 2.66. The fourth-order valence-corrected chi connectivity index (χ4v) is 2.85. The highest BCUT2D eigenvalue weighted by atomic mass is 35.5. The molecule has 1 amide bonds. The average molecular weight is 386 g/mol. The number of para-hydroxylation sites is 1. The second kappa shape index (κ2) is 8.73. The zero-order chi connectivity index (χ0) is 19.2. The quantitative estimate of drug-likeness (QED) is 0.418. The van der Waals surface area contributed by atoms with E-state index in [1.807, 2.05) is 31.2 Å². The van der Waals surface area contributed by atoms with Gasteiger partial charge in [-0.1, -0.05) is 43.1 Å². The maximum Gasteiger partial charge on any atom is 0.330 e. The van der Waals surface area contributed by atoms with E-state index in [-0.39, 0.29) is 5.91 Å². The Hall–Kier alpha value is -2.79. The van der Waals surface area contributed by atoms with E-state index in [1.165, 1.54) is 11.0 Å². The van der Waals surface area contributed by atoms with Gasteiger partial charge >= 0.3 is 5.97 Å². The number of esters is 1. The predicted octanol–water partition coefficient (Wildman–Crippen LogP) is 4.88. The van der Waals surface area contributed by atoms with Crippen LogP contribution in [0, 0.1) is 0 Å². The third-order valence-electron chi connectivity index (χ3n) is 4.10. The molecule has 27 heavy (non-hydrogen) atoms. The molecular formula is C21H20ClNO4. The molecule has 2 aromatic carbocycles. The molecule has 0 spiro atoms. The molecule has 1 aliphatic heterocycles. The highest BCUT2D eigenvalue weighted by molar-refractivity contribution is 6.31. The molecule has 0 aromatic heterocycles. The van der Waals surface area contributed by atoms with E-state index in [2.05, 4.69) is 0 Å². The Morgan fingerprint density at radius 2 is 2.00 bits per heavy atom. The summed E-state index contributed by atoms with van der Waals surface area (Å²) in [5.41, 5.74) is 1.41. The summed E-state index contributed by atoms with van der Waals surface area (Å²) in [6.07, 6.45) is 4.09. The molecule has 0 N–H and O–H groups in total. The van der Waals surface area contributed by atoms with Crippen molar-refractivity contribution in [3.05, 3.63) is 65.2 Å². The summed E-state index contributed by atoms with van der Waals surface area (Å²) in [4.78, 5) is 26.1. The summed E-state index contributed by atoms with van der Waals surface area (Å²) in [5.74, 6) is 0.316. The van der Waals surface area contributed by atoms with Crippen LogP contribution in [0.15, 0.2) is 54.6 Å². The van der Waals surface area contributed by atoms with Gasteiger partial charge in [0.05, 0.1) is 18.8 Å². The Balaban J connectivity index is 1.86. The van der Waals surface area contributed by atoms with Crippen LogP contribution in [0.1, 0.15) is 25.3 Å². The third kappa shape index (κ3) is 4.68. The number of hydrogen-bond acceptors (Lipinski definition) is 4. The second-order valence-corrected chi connectivity index (χ2v) is 6.54. The van der Waals surface area contributed by atoms with E-state index in [9.17, 15) is 9.59 Å². The molecule has 0 fully saturated rings. The topological polar surface area (TPSA) is 55.8 Å². The minimum absolute atomic E-state index is 0.303. The zero-order valence-electron chi connectivity index (χ0n) is 15.0. The molecule has 1 heterocycles. The van der Waals surface area contributed by atoms with Crippen LogP contribution in [0.2, 0.25) is 5.02 Å². The molecule has 0 saturated carbocycles. The Bertz CT molecular complexity index is 878. The first kappa shape index (κ1) is 19.0. The van der Waals surface area contributed by atoms with Gasteiger partial charge in [0.25, 0.3) is 5.91 Å². The molecule has 0 aliphatic carbocycles. The van der Waals surface area contributed by atoms with Crippen molar-refractivity contribution in [1.82, 2.24) is 0 Å². The number of ether oxygens (including phenoxy) is 2. The van der Waals surface area contributed by atoms with Crippen molar-refractivity contribution in [3.8, 4) is 11.5 Å². The van der Waals surface area contributed by atoms with Gasteiger partial charge in [0.1, 0.15) is 5.75 Å². The highest BCUT2D eigenvalue weighted by Gasteiger charge is 2.24. The van der Waals surface area contributed by atoms with E-state index in [1.54, 1.807) is 18.2 Å². The predicted molar refractivity (Wildman–Crippen MR) is 104 cm³/mol. The van der Waals surface area contributed by atoms with Gasteiger partial charge < -0.3 is 14.4 Å². The molecule has 0 bridgehead atoms. The maximum absolute atomic E-state index is 12.8. The van der Waals surface area contributed by atoms with Crippen molar-refractivity contribution in [2.24, 2.45) is 0 Å². The lowest BCUT2D eigenvalue weighted by Gasteiger charge is -2.20. The van der Waals surface area contributed by atoms with Gasteiger partial charge in [0.2, 0.25) is 0 Å². The molecular weight excluding hydrogens is 366 g/mol. The molecule has 140 valence electrons. The van der Waals surface area contributed by atoms with Gasteiger partial charge in [0, 0.05) is 22.7 Å². The van der Waals surface area contributed by atoms with Crippen LogP contribution < -0.4 is 9.64 Å². The van der Waals surface area contributed by atoms with E-state index >= 15 is 0 Å². The fourth-order valence-electron chi connectivity index (χ4n) is 2.69. The normalized spacial score (nSPS) is 12.7. The van der Waals surface area contributed by atoms with Crippen LogP contribution in [-0.4, -0.2) is 18.5 Å². The average Bonchev–Trinajstić information content (AvgIpc) is 2.83. The van der Waals surface area contributed by atoms with Crippen LogP contribution in [0.5, 0.6) is 11.5 Å². The van der Waals surface area contributed by atoms with Crippen LogP contribution in [-0.2, 0) is 20.9 Å². The van der Waals surface area contributed by atoms with Crippen LogP contribution in [0.4, 0.5) is 5.69 Å². The number of unbranched alkanes of at least 4 members (excludes halogenated alkanes) is 1. The van der Waals surface area contributed by atoms with Crippen molar-refractivity contribution in [3.63, 3.8) is 0 Å². The maximum atomic E-state index is 12.8. The Labute approximate surface area is 163 Å². The van der Waals surface area contributed by atoms with Crippen LogP contribution >= 0.6 is 11.6 Å². The number of rotatable bonds is 5. The van der Waals surface area contributed by atoms with Crippen LogP contribution in [0.25, 0.3) is 0 Å². The Morgan fingerprint density at radius 3 is 2.81 bits per heavy atom. The lowest BCUT2D eigenvalue weighted by molar-refractivity contribution is -0.138. The highest BCUT2D eigenvalue weighted by Crippen LogP contribution is 2.40. The first-order valence-electron chi connectivity index (χ1n) is 8.80. The minimum Gasteiger partial charge on any atom is -0.463 e. The number of amides is 1. The molecule has 6 heteroatoms. The van der Waals surface area contributed by atoms with E-state index in [0.29, 0.717) is 35.4 Å². The third-order valence-corrected chi connectivity index (χ3v) is 4.34. The first-order valence-corrected chi connectivity index (χ1v) is 9.18. The number of anilines is 1. The standard InChI is InChI=1S/C21H20ClNO4/c1-2-3-12-26-21(25)11-10-20(24)23-14-15-6-4-5-7-18(15)27-19-9-8-16(22)13-17(19)23/h4-11,13H,2-3,12,14H2,1H3/b11-10+. The number of hydrogen-bond donors (Lipinski definition) is 0. The van der Waals surface area contributed by atoms with Gasteiger partial charge in [-0.25, -0.2) is 4.79 Å². The number of nitrogens with zero attached hydrogens (tertiary/aromatic N) is 1. The molecule has 0 atom stereocenters. The van der Waals surface area contributed by atoms with Crippen molar-refractivity contribution in [2.75, 3.05) is 11.5 Å². The smallest absolute Gasteiger partial charge is 0.330 e. The number of halogens is 1. The van der Waals surface area contributed by atoms with Gasteiger partial charge in [-0.2, -0.15) is 0 Å². The number of fused-ring (bicyclic) bond motifs is 2. The summed E-state index contributed by atoms with van der Waals surface area (Å²) in [6, 6.07) is 12.6. The zero-order valence-corrected chi connectivity index (χ0v) is 15.7. The fraction of sp³-hybridized carbons (Fsp3) is 0.238. The largest absolute Gasteiger partial charge is 0.463 e. The van der Waals surface area contributed by atoms with E-state index < -0.39 is 5.97 Å². The molecule has 2 aromatic rings. The second-order valence-electron chi connectivity index (χ2n) is 6.10. The molecule has 5 nitrogen and oxygen atoms in total. The molecule has 0 saturated heterocycles. The van der Waals surface area contributed by atoms with Gasteiger partial charge in [-0.05, 0) is 30.7 Å². The lowest BCUT2D eigenvalue weighted by atomic mass is 10.2. The van der Waals surface area contributed by atoms with Gasteiger partial charge in [-0.15, -0.1) is 0 Å². The first-order chi connectivity index (χ1) is 13.1. The molecule has 3 rings (SSSR count). The molecule has 0 radical (unpaired) electrons. The van der Waals surface area contributed by atoms with Crippen molar-refractivity contribution in [2.45, 2.75) is 26.3 Å².